The Morgan fingerprint density at radius 3 is 2.68 bits per heavy atom. The van der Waals surface area contributed by atoms with Crippen molar-refractivity contribution in [3.05, 3.63) is 22.8 Å². The highest BCUT2D eigenvalue weighted by Crippen LogP contribution is 2.41. The first-order chi connectivity index (χ1) is 9.16. The van der Waals surface area contributed by atoms with Crippen LogP contribution in [0.5, 0.6) is 0 Å². The van der Waals surface area contributed by atoms with Gasteiger partial charge < -0.3 is 5.32 Å². The molecule has 1 fully saturated rings. The monoisotopic (exact) mass is 295 g/mol. The van der Waals surface area contributed by atoms with Crippen molar-refractivity contribution in [3.63, 3.8) is 0 Å². The number of nitrogens with one attached hydrogen (secondary N) is 1. The number of rotatable bonds is 2. The molecule has 1 saturated heterocycles. The maximum Gasteiger partial charge on any atom is 0.143 e. The first-order valence-corrected chi connectivity index (χ1v) is 9.10. The van der Waals surface area contributed by atoms with Gasteiger partial charge in [-0.1, -0.05) is 20.8 Å². The van der Waals surface area contributed by atoms with Crippen molar-refractivity contribution in [3.8, 4) is 0 Å². The van der Waals surface area contributed by atoms with Crippen LogP contribution in [0, 0.1) is 0 Å². The minimum absolute atomic E-state index is 0.460. The van der Waals surface area contributed by atoms with Crippen LogP contribution >= 0.6 is 23.5 Å². The van der Waals surface area contributed by atoms with Crippen molar-refractivity contribution in [2.45, 2.75) is 50.3 Å². The van der Waals surface area contributed by atoms with E-state index in [1.807, 2.05) is 11.8 Å². The van der Waals surface area contributed by atoms with E-state index in [0.717, 1.165) is 18.9 Å². The summed E-state index contributed by atoms with van der Waals surface area (Å²) in [6.07, 6.45) is 0. The van der Waals surface area contributed by atoms with Crippen molar-refractivity contribution in [2.75, 3.05) is 11.5 Å². The number of hydrogen-bond donors (Lipinski definition) is 1. The second kappa shape index (κ2) is 5.62. The quantitative estimate of drug-likeness (QED) is 0.907. The fraction of sp³-hybridized carbons (Fsp3) is 0.714. The highest BCUT2D eigenvalue weighted by atomic mass is 32.2. The largest absolute Gasteiger partial charge is 0.307 e. The lowest BCUT2D eigenvalue weighted by Crippen LogP contribution is -2.20. The minimum Gasteiger partial charge on any atom is -0.307 e. The van der Waals surface area contributed by atoms with Gasteiger partial charge in [0, 0.05) is 35.4 Å². The van der Waals surface area contributed by atoms with Crippen LogP contribution in [0.25, 0.3) is 0 Å². The Balaban J connectivity index is 2.00. The van der Waals surface area contributed by atoms with E-state index in [0.29, 0.717) is 16.4 Å². The predicted octanol–water partition coefficient (Wildman–Crippen LogP) is 3.11. The van der Waals surface area contributed by atoms with Crippen LogP contribution in [0.1, 0.15) is 54.7 Å². The van der Waals surface area contributed by atoms with Crippen molar-refractivity contribution in [2.24, 2.45) is 0 Å². The van der Waals surface area contributed by atoms with E-state index in [2.05, 4.69) is 37.8 Å². The summed E-state index contributed by atoms with van der Waals surface area (Å²) in [4.78, 5) is 9.80. The Labute approximate surface area is 123 Å². The lowest BCUT2D eigenvalue weighted by molar-refractivity contribution is 0.738. The third kappa shape index (κ3) is 2.65. The van der Waals surface area contributed by atoms with Gasteiger partial charge in [-0.05, 0) is 5.92 Å². The van der Waals surface area contributed by atoms with Gasteiger partial charge in [-0.2, -0.15) is 11.8 Å². The highest BCUT2D eigenvalue weighted by molar-refractivity contribution is 8.06. The molecule has 5 heteroatoms. The second-order valence-electron chi connectivity index (χ2n) is 5.52. The van der Waals surface area contributed by atoms with E-state index >= 15 is 0 Å². The van der Waals surface area contributed by atoms with Gasteiger partial charge in [0.15, 0.2) is 0 Å². The topological polar surface area (TPSA) is 37.8 Å². The summed E-state index contributed by atoms with van der Waals surface area (Å²) < 4.78 is 0. The highest BCUT2D eigenvalue weighted by Gasteiger charge is 2.29. The van der Waals surface area contributed by atoms with Crippen LogP contribution in [0.15, 0.2) is 0 Å². The van der Waals surface area contributed by atoms with Crippen LogP contribution in [0.2, 0.25) is 0 Å². The van der Waals surface area contributed by atoms with Crippen LogP contribution < -0.4 is 5.32 Å². The molecule has 2 aliphatic rings. The van der Waals surface area contributed by atoms with Gasteiger partial charge in [-0.3, -0.25) is 0 Å². The molecule has 3 rings (SSSR count). The van der Waals surface area contributed by atoms with Gasteiger partial charge in [0.05, 0.1) is 16.6 Å². The SMILES string of the molecule is CC(C)c1nc(C2SCCSC2C)nc2c1CNC2. The number of thioether (sulfide) groups is 2. The molecule has 104 valence electrons. The summed E-state index contributed by atoms with van der Waals surface area (Å²) in [6.45, 7) is 8.62. The zero-order chi connectivity index (χ0) is 13.4. The van der Waals surface area contributed by atoms with Crippen molar-refractivity contribution in [1.82, 2.24) is 15.3 Å². The number of aromatic nitrogens is 2. The van der Waals surface area contributed by atoms with E-state index in [4.69, 9.17) is 9.97 Å². The first-order valence-electron chi connectivity index (χ1n) is 7.00. The Morgan fingerprint density at radius 1 is 1.16 bits per heavy atom. The standard InChI is InChI=1S/C14H21N3S2/c1-8(2)12-10-6-15-7-11(10)16-14(17-12)13-9(3)18-4-5-19-13/h8-9,13,15H,4-7H2,1-3H3. The lowest BCUT2D eigenvalue weighted by atomic mass is 10.0. The fourth-order valence-electron chi connectivity index (χ4n) is 2.74. The van der Waals surface area contributed by atoms with E-state index < -0.39 is 0 Å². The lowest BCUT2D eigenvalue weighted by Gasteiger charge is -2.27. The Morgan fingerprint density at radius 2 is 1.95 bits per heavy atom. The molecule has 2 atom stereocenters. The molecule has 0 bridgehead atoms. The van der Waals surface area contributed by atoms with E-state index in [1.54, 1.807) is 0 Å². The minimum atomic E-state index is 0.460. The van der Waals surface area contributed by atoms with Crippen LogP contribution in [0.4, 0.5) is 0 Å². The molecule has 0 amide bonds. The molecule has 0 radical (unpaired) electrons. The zero-order valence-corrected chi connectivity index (χ0v) is 13.4. The van der Waals surface area contributed by atoms with Crippen molar-refractivity contribution in [1.29, 1.82) is 0 Å². The molecule has 0 spiro atoms. The smallest absolute Gasteiger partial charge is 0.143 e. The summed E-state index contributed by atoms with van der Waals surface area (Å²) in [7, 11) is 0. The molecule has 2 unspecified atom stereocenters. The van der Waals surface area contributed by atoms with E-state index in [9.17, 15) is 0 Å². The van der Waals surface area contributed by atoms with Gasteiger partial charge in [0.1, 0.15) is 5.82 Å². The normalized spacial score (nSPS) is 26.7. The summed E-state index contributed by atoms with van der Waals surface area (Å²) in [5.41, 5.74) is 3.84. The molecule has 1 aromatic heterocycles. The molecule has 0 saturated carbocycles. The summed E-state index contributed by atoms with van der Waals surface area (Å²) in [5, 5.41) is 4.49. The first kappa shape index (κ1) is 13.7. The molecule has 3 nitrogen and oxygen atoms in total. The van der Waals surface area contributed by atoms with Gasteiger partial charge >= 0.3 is 0 Å². The second-order valence-corrected chi connectivity index (χ2v) is 8.25. The van der Waals surface area contributed by atoms with Gasteiger partial charge in [-0.25, -0.2) is 9.97 Å². The maximum atomic E-state index is 4.93. The third-order valence-corrected chi connectivity index (χ3v) is 6.81. The van der Waals surface area contributed by atoms with Crippen molar-refractivity contribution >= 4 is 23.5 Å². The summed E-state index contributed by atoms with van der Waals surface area (Å²) in [6, 6.07) is 0. The molecule has 0 aromatic carbocycles. The van der Waals surface area contributed by atoms with E-state index in [1.165, 1.54) is 28.5 Å². The summed E-state index contributed by atoms with van der Waals surface area (Å²) >= 11 is 4.08. The van der Waals surface area contributed by atoms with Crippen LogP contribution in [0.3, 0.4) is 0 Å². The Bertz CT molecular complexity index is 476. The molecule has 19 heavy (non-hydrogen) atoms. The predicted molar refractivity (Wildman–Crippen MR) is 83.8 cm³/mol. The third-order valence-electron chi connectivity index (χ3n) is 3.73. The van der Waals surface area contributed by atoms with Crippen molar-refractivity contribution < 1.29 is 0 Å². The van der Waals surface area contributed by atoms with Gasteiger partial charge in [0.2, 0.25) is 0 Å². The number of hydrogen-bond acceptors (Lipinski definition) is 5. The average Bonchev–Trinajstić information content (AvgIpc) is 2.86. The van der Waals surface area contributed by atoms with E-state index in [-0.39, 0.29) is 0 Å². The molecule has 1 aromatic rings. The molecule has 3 heterocycles. The zero-order valence-electron chi connectivity index (χ0n) is 11.8. The number of nitrogens with zero attached hydrogens (tertiary/aromatic N) is 2. The molecule has 2 aliphatic heterocycles. The summed E-state index contributed by atoms with van der Waals surface area (Å²) in [5.74, 6) is 4.02. The molecule has 0 aliphatic carbocycles. The number of fused-ring (bicyclic) bond motifs is 1. The molecule has 1 N–H and O–H groups in total. The molecular formula is C14H21N3S2. The molecular weight excluding hydrogens is 274 g/mol. The average molecular weight is 295 g/mol. The Kier molecular flexibility index (Phi) is 4.06. The van der Waals surface area contributed by atoms with Crippen LogP contribution in [-0.4, -0.2) is 26.7 Å². The fourth-order valence-corrected chi connectivity index (χ4v) is 5.42. The Hall–Kier alpha value is -0.260. The van der Waals surface area contributed by atoms with Gasteiger partial charge in [0.25, 0.3) is 0 Å². The van der Waals surface area contributed by atoms with Gasteiger partial charge in [-0.15, -0.1) is 11.8 Å². The van der Waals surface area contributed by atoms with Crippen LogP contribution in [-0.2, 0) is 13.1 Å². The maximum absolute atomic E-state index is 4.93.